The number of carbonyl (C=O) groups is 1. The summed E-state index contributed by atoms with van der Waals surface area (Å²) in [4.78, 5) is 12.0. The molecule has 0 aromatic heterocycles. The first-order valence-corrected chi connectivity index (χ1v) is 28.2. The molecule has 25 heteroatoms. The van der Waals surface area contributed by atoms with Gasteiger partial charge in [-0.15, -0.1) is 5.11 Å². The first-order chi connectivity index (χ1) is 37.9. The summed E-state index contributed by atoms with van der Waals surface area (Å²) in [5, 5.41) is 56.5. The van der Waals surface area contributed by atoms with Crippen molar-refractivity contribution in [3.8, 4) is 11.5 Å². The van der Waals surface area contributed by atoms with Crippen molar-refractivity contribution in [2.45, 2.75) is 68.4 Å². The van der Waals surface area contributed by atoms with Gasteiger partial charge in [0.05, 0.1) is 72.1 Å². The topological polar surface area (TPSA) is 338 Å². The average Bonchev–Trinajstić information content (AvgIpc) is 3.51. The number of hydrogen-bond acceptors (Lipinski definition) is 19. The number of benzene rings is 8. The molecule has 8 rings (SSSR count). The molecule has 8 aromatic rings. The number of aliphatic hydroxyl groups excluding tert-OH is 2. The summed E-state index contributed by atoms with van der Waals surface area (Å²) in [7, 11) is -11.3. The molecule has 0 amide bonds. The van der Waals surface area contributed by atoms with Crippen LogP contribution in [0.2, 0.25) is 0 Å². The van der Waals surface area contributed by atoms with Gasteiger partial charge < -0.3 is 19.7 Å². The van der Waals surface area contributed by atoms with E-state index >= 15 is 0 Å². The zero-order valence-corrected chi connectivity index (χ0v) is 46.0. The second-order valence-electron chi connectivity index (χ2n) is 18.4. The van der Waals surface area contributed by atoms with Crippen LogP contribution in [-0.2, 0) is 61.2 Å². The highest BCUT2D eigenvalue weighted by Gasteiger charge is 2.22. The van der Waals surface area contributed by atoms with Gasteiger partial charge in [-0.2, -0.15) is 61.1 Å². The maximum atomic E-state index is 13.7. The van der Waals surface area contributed by atoms with E-state index in [1.165, 1.54) is 56.7 Å². The summed E-state index contributed by atoms with van der Waals surface area (Å²) in [6.45, 7) is 6.24. The Bertz CT molecular complexity index is 4300. The number of hydrogen-bond donors (Lipinski definition) is 5. The Morgan fingerprint density at radius 1 is 0.425 bits per heavy atom. The fourth-order valence-electron chi connectivity index (χ4n) is 8.61. The highest BCUT2D eigenvalue weighted by molar-refractivity contribution is 7.87. The molecular weight excluding hydrogens is 1090 g/mol. The van der Waals surface area contributed by atoms with E-state index in [1.807, 2.05) is 6.92 Å². The van der Waals surface area contributed by atoms with Gasteiger partial charge in [-0.25, -0.2) is 0 Å². The zero-order valence-electron chi connectivity index (χ0n) is 43.5. The van der Waals surface area contributed by atoms with E-state index in [4.69, 9.17) is 9.47 Å². The molecule has 0 fully saturated rings. The first-order valence-electron chi connectivity index (χ1n) is 23.9. The van der Waals surface area contributed by atoms with Gasteiger partial charge in [0.1, 0.15) is 32.8 Å². The van der Waals surface area contributed by atoms with E-state index in [0.717, 1.165) is 6.07 Å². The molecule has 0 aliphatic carbocycles. The zero-order chi connectivity index (χ0) is 57.8. The molecule has 0 spiro atoms. The monoisotopic (exact) mass is 1140 g/mol. The van der Waals surface area contributed by atoms with Crippen LogP contribution in [0.25, 0.3) is 21.5 Å². The lowest BCUT2D eigenvalue weighted by Gasteiger charge is -2.13. The molecule has 5 N–H and O–H groups in total. The van der Waals surface area contributed by atoms with Crippen molar-refractivity contribution in [2.75, 3.05) is 14.2 Å². The number of aliphatic hydroxyl groups is 2. The number of azo groups is 4. The van der Waals surface area contributed by atoms with Crippen molar-refractivity contribution < 1.29 is 63.4 Å². The summed E-state index contributed by atoms with van der Waals surface area (Å²) in [5.41, 5.74) is 7.37. The molecule has 0 radical (unpaired) electrons. The SMILES string of the molecule is COc1cc(N=Nc2cc(C)c(N=Nc3ccc4cccc(S(=O)(=O)O)c4c3)cc2OC)c(C)cc1CC(=O)Cc1cc(C)c(N=Nc2cc(C)c(N=Nc3ccc4cc(S(=O)(=O)O)cc(S(=O)(=O)O)c4c3)cc2CO)cc1CO. The standard InChI is InChI=1S/C55H50N8O14S3/c1-30-14-36(38(28-64)21-46(30)60-62-50-16-32(3)47(22-39(50)29-65)58-56-41-13-11-35-20-43(78(67,68)69)25-55(45(35)24-41)80(73,74)75)18-42(66)19-37-15-31(2)48(26-52(37)76-5)61-63-51-17-33(4)49(27-53(51)77-6)59-57-40-12-10-34-8-7-9-54(44(34)23-40)79(70,71)72/h7-17,20-27,64-65H,18-19,28-29H2,1-6H3,(H,67,68,69)(H,70,71,72)(H,73,74,75). The molecule has 0 aliphatic heterocycles. The van der Waals surface area contributed by atoms with Gasteiger partial charge in [-0.05, 0) is 145 Å². The van der Waals surface area contributed by atoms with Gasteiger partial charge in [0, 0.05) is 46.9 Å². The van der Waals surface area contributed by atoms with E-state index in [-0.39, 0.29) is 40.0 Å². The van der Waals surface area contributed by atoms with Crippen LogP contribution in [0, 0.1) is 27.7 Å². The number of ketones is 1. The molecule has 0 saturated heterocycles. The van der Waals surface area contributed by atoms with Crippen LogP contribution >= 0.6 is 0 Å². The quantitative estimate of drug-likeness (QED) is 0.0371. The predicted molar refractivity (Wildman–Crippen MR) is 296 cm³/mol. The normalized spacial score (nSPS) is 12.5. The minimum atomic E-state index is -4.94. The fourth-order valence-corrected chi connectivity index (χ4v) is 10.7. The largest absolute Gasteiger partial charge is 0.496 e. The van der Waals surface area contributed by atoms with Gasteiger partial charge in [-0.3, -0.25) is 18.5 Å². The van der Waals surface area contributed by atoms with Crippen molar-refractivity contribution in [3.63, 3.8) is 0 Å². The summed E-state index contributed by atoms with van der Waals surface area (Å²) >= 11 is 0. The third-order valence-corrected chi connectivity index (χ3v) is 15.4. The number of nitrogens with zero attached hydrogens (tertiary/aromatic N) is 8. The molecule has 0 aliphatic rings. The van der Waals surface area contributed by atoms with Crippen molar-refractivity contribution in [2.24, 2.45) is 40.9 Å². The van der Waals surface area contributed by atoms with Crippen molar-refractivity contribution >= 4 is 103 Å². The molecule has 0 bridgehead atoms. The third kappa shape index (κ3) is 13.2. The van der Waals surface area contributed by atoms with Gasteiger partial charge in [-0.1, -0.05) is 30.3 Å². The van der Waals surface area contributed by atoms with Gasteiger partial charge >= 0.3 is 0 Å². The fraction of sp³-hybridized carbons (Fsp3) is 0.182. The van der Waals surface area contributed by atoms with E-state index in [0.29, 0.717) is 113 Å². The number of carbonyl (C=O) groups excluding carboxylic acids is 1. The van der Waals surface area contributed by atoms with Crippen LogP contribution in [0.3, 0.4) is 0 Å². The summed E-state index contributed by atoms with van der Waals surface area (Å²) in [5.74, 6) is 0.580. The van der Waals surface area contributed by atoms with Crippen molar-refractivity contribution in [1.82, 2.24) is 0 Å². The number of Topliss-reactive ketones (excluding diaryl/α,β-unsaturated/α-hetero) is 1. The second-order valence-corrected chi connectivity index (χ2v) is 22.6. The van der Waals surface area contributed by atoms with Crippen LogP contribution in [0.15, 0.2) is 171 Å². The molecular formula is C55H50N8O14S3. The van der Waals surface area contributed by atoms with Gasteiger partial charge in [0.25, 0.3) is 30.4 Å². The summed E-state index contributed by atoms with van der Waals surface area (Å²) in [6.07, 6.45) is -0.0310. The lowest BCUT2D eigenvalue weighted by atomic mass is 9.95. The van der Waals surface area contributed by atoms with Crippen molar-refractivity contribution in [3.05, 3.63) is 160 Å². The van der Waals surface area contributed by atoms with E-state index in [9.17, 15) is 53.9 Å². The molecule has 0 unspecified atom stereocenters. The van der Waals surface area contributed by atoms with Crippen molar-refractivity contribution in [1.29, 1.82) is 0 Å². The summed E-state index contributed by atoms with van der Waals surface area (Å²) in [6, 6.07) is 28.5. The lowest BCUT2D eigenvalue weighted by Crippen LogP contribution is -2.10. The second kappa shape index (κ2) is 23.5. The smallest absolute Gasteiger partial charge is 0.295 e. The van der Waals surface area contributed by atoms with Gasteiger partial charge in [0.2, 0.25) is 0 Å². The molecule has 0 saturated carbocycles. The summed E-state index contributed by atoms with van der Waals surface area (Å²) < 4.78 is 112. The number of aryl methyl sites for hydroxylation is 4. The van der Waals surface area contributed by atoms with E-state index < -0.39 is 53.4 Å². The highest BCUT2D eigenvalue weighted by atomic mass is 32.2. The Kier molecular flexibility index (Phi) is 17.0. The molecule has 0 atom stereocenters. The Morgan fingerprint density at radius 3 is 1.45 bits per heavy atom. The maximum Gasteiger partial charge on any atom is 0.295 e. The highest BCUT2D eigenvalue weighted by Crippen LogP contribution is 2.40. The number of rotatable bonds is 19. The Hall–Kier alpha value is -8.40. The Morgan fingerprint density at radius 2 is 0.887 bits per heavy atom. The number of fused-ring (bicyclic) bond motifs is 2. The van der Waals surface area contributed by atoms with Crippen LogP contribution in [0.1, 0.15) is 44.5 Å². The number of ether oxygens (including phenoxy) is 2. The third-order valence-electron chi connectivity index (χ3n) is 12.8. The maximum absolute atomic E-state index is 13.7. The van der Waals surface area contributed by atoms with Crippen LogP contribution in [0.4, 0.5) is 45.5 Å². The molecule has 22 nitrogen and oxygen atoms in total. The first kappa shape index (κ1) is 57.8. The van der Waals surface area contributed by atoms with Gasteiger partial charge in [0.15, 0.2) is 0 Å². The van der Waals surface area contributed by atoms with E-state index in [2.05, 4.69) is 40.9 Å². The number of methoxy groups -OCH3 is 2. The van der Waals surface area contributed by atoms with E-state index in [1.54, 1.807) is 81.4 Å². The predicted octanol–water partition coefficient (Wildman–Crippen LogP) is 13.0. The Labute approximate surface area is 459 Å². The molecule has 412 valence electrons. The minimum Gasteiger partial charge on any atom is -0.496 e. The lowest BCUT2D eigenvalue weighted by molar-refractivity contribution is -0.117. The Balaban J connectivity index is 0.948. The van der Waals surface area contributed by atoms with Crippen LogP contribution in [0.5, 0.6) is 11.5 Å². The minimum absolute atomic E-state index is 0.00668. The molecule has 80 heavy (non-hydrogen) atoms. The molecule has 8 aromatic carbocycles. The molecule has 0 heterocycles. The average molecular weight is 1140 g/mol. The van der Waals surface area contributed by atoms with Crippen LogP contribution < -0.4 is 9.47 Å². The van der Waals surface area contributed by atoms with Crippen LogP contribution in [-0.4, -0.2) is 69.1 Å².